The Hall–Kier alpha value is -1.31. The topological polar surface area (TPSA) is 21.6 Å². The summed E-state index contributed by atoms with van der Waals surface area (Å²) in [5.74, 6) is 0.797. The normalized spacial score (nSPS) is 18.7. The fraction of sp³-hybridized carbons (Fsp3) is 0.462. The lowest BCUT2D eigenvalue weighted by Crippen LogP contribution is -1.97. The van der Waals surface area contributed by atoms with Crippen LogP contribution in [-0.2, 0) is 4.74 Å². The third kappa shape index (κ3) is 3.08. The number of nitrogens with zero attached hydrogens (tertiary/aromatic N) is 1. The molecule has 1 atom stereocenters. The monoisotopic (exact) mass is 205 g/mol. The minimum atomic E-state index is 0.209. The van der Waals surface area contributed by atoms with Crippen molar-refractivity contribution in [2.24, 2.45) is 4.99 Å². The number of rotatable bonds is 1. The van der Waals surface area contributed by atoms with Gasteiger partial charge in [0.2, 0.25) is 0 Å². The van der Waals surface area contributed by atoms with Crippen LogP contribution in [0.1, 0.15) is 37.9 Å². The Bertz CT molecular complexity index is 327. The maximum absolute atomic E-state index is 5.30. The summed E-state index contributed by atoms with van der Waals surface area (Å²) in [5.41, 5.74) is 2.52. The van der Waals surface area contributed by atoms with E-state index in [1.807, 2.05) is 20.8 Å². The first kappa shape index (κ1) is 11.8. The van der Waals surface area contributed by atoms with Crippen LogP contribution in [0.3, 0.4) is 0 Å². The van der Waals surface area contributed by atoms with E-state index in [0.717, 1.165) is 5.90 Å². The Morgan fingerprint density at radius 3 is 2.20 bits per heavy atom. The lowest BCUT2D eigenvalue weighted by molar-refractivity contribution is 0.317. The van der Waals surface area contributed by atoms with Gasteiger partial charge in [0.15, 0.2) is 5.90 Å². The maximum Gasteiger partial charge on any atom is 0.180 e. The molecule has 1 aromatic rings. The summed E-state index contributed by atoms with van der Waals surface area (Å²) >= 11 is 0. The van der Waals surface area contributed by atoms with E-state index in [2.05, 4.69) is 36.2 Å². The molecular weight excluding hydrogens is 186 g/mol. The first-order valence-electron chi connectivity index (χ1n) is 5.49. The van der Waals surface area contributed by atoms with Gasteiger partial charge in [0, 0.05) is 6.92 Å². The van der Waals surface area contributed by atoms with Crippen molar-refractivity contribution in [2.75, 3.05) is 6.61 Å². The Kier molecular flexibility index (Phi) is 4.35. The van der Waals surface area contributed by atoms with Crippen LogP contribution in [0.5, 0.6) is 0 Å². The van der Waals surface area contributed by atoms with E-state index in [1.54, 1.807) is 0 Å². The van der Waals surface area contributed by atoms with Crippen molar-refractivity contribution in [3.05, 3.63) is 35.4 Å². The average Bonchev–Trinajstić information content (AvgIpc) is 2.69. The van der Waals surface area contributed by atoms with Gasteiger partial charge in [-0.2, -0.15) is 0 Å². The molecule has 0 saturated heterocycles. The molecule has 1 aliphatic rings. The molecule has 2 nitrogen and oxygen atoms in total. The van der Waals surface area contributed by atoms with Gasteiger partial charge in [0.25, 0.3) is 0 Å². The fourth-order valence-corrected chi connectivity index (χ4v) is 1.45. The second-order valence-corrected chi connectivity index (χ2v) is 3.39. The van der Waals surface area contributed by atoms with Crippen LogP contribution in [0.2, 0.25) is 0 Å². The number of aliphatic imine (C=N–C) groups is 1. The van der Waals surface area contributed by atoms with Crippen LogP contribution in [0.25, 0.3) is 0 Å². The number of aryl methyl sites for hydroxylation is 1. The van der Waals surface area contributed by atoms with E-state index in [1.165, 1.54) is 11.1 Å². The third-order valence-corrected chi connectivity index (χ3v) is 2.25. The highest BCUT2D eigenvalue weighted by molar-refractivity contribution is 5.75. The number of hydrogen-bond acceptors (Lipinski definition) is 2. The van der Waals surface area contributed by atoms with Gasteiger partial charge in [-0.25, -0.2) is 4.99 Å². The quantitative estimate of drug-likeness (QED) is 0.687. The maximum atomic E-state index is 5.30. The van der Waals surface area contributed by atoms with Gasteiger partial charge in [0.1, 0.15) is 12.6 Å². The summed E-state index contributed by atoms with van der Waals surface area (Å²) in [4.78, 5) is 4.38. The first-order valence-corrected chi connectivity index (χ1v) is 5.49. The molecular formula is C13H19NO. The van der Waals surface area contributed by atoms with Crippen molar-refractivity contribution < 1.29 is 4.74 Å². The number of benzene rings is 1. The molecule has 0 radical (unpaired) electrons. The molecule has 1 heterocycles. The van der Waals surface area contributed by atoms with Gasteiger partial charge < -0.3 is 4.74 Å². The first-order chi connectivity index (χ1) is 7.25. The van der Waals surface area contributed by atoms with Crippen LogP contribution in [0, 0.1) is 6.92 Å². The molecule has 0 aromatic heterocycles. The van der Waals surface area contributed by atoms with Crippen LogP contribution >= 0.6 is 0 Å². The summed E-state index contributed by atoms with van der Waals surface area (Å²) in [5, 5.41) is 0. The number of hydrogen-bond donors (Lipinski definition) is 0. The van der Waals surface area contributed by atoms with Gasteiger partial charge in [-0.3, -0.25) is 0 Å². The highest BCUT2D eigenvalue weighted by Crippen LogP contribution is 2.22. The summed E-state index contributed by atoms with van der Waals surface area (Å²) in [6.45, 7) is 8.67. The molecule has 0 aliphatic carbocycles. The van der Waals surface area contributed by atoms with Crippen LogP contribution < -0.4 is 0 Å². The molecule has 0 amide bonds. The molecule has 0 saturated carbocycles. The molecule has 0 N–H and O–H groups in total. The number of ether oxygens (including phenoxy) is 1. The molecule has 2 heteroatoms. The molecule has 15 heavy (non-hydrogen) atoms. The van der Waals surface area contributed by atoms with Gasteiger partial charge in [-0.15, -0.1) is 0 Å². The van der Waals surface area contributed by atoms with E-state index < -0.39 is 0 Å². The predicted molar refractivity (Wildman–Crippen MR) is 64.3 cm³/mol. The minimum Gasteiger partial charge on any atom is -0.479 e. The highest BCUT2D eigenvalue weighted by Gasteiger charge is 2.17. The molecule has 1 aliphatic heterocycles. The second kappa shape index (κ2) is 5.54. The lowest BCUT2D eigenvalue weighted by atomic mass is 10.1. The summed E-state index contributed by atoms with van der Waals surface area (Å²) in [7, 11) is 0. The molecule has 1 unspecified atom stereocenters. The van der Waals surface area contributed by atoms with E-state index in [0.29, 0.717) is 6.61 Å². The summed E-state index contributed by atoms with van der Waals surface area (Å²) in [6.07, 6.45) is 0. The molecule has 0 spiro atoms. The van der Waals surface area contributed by atoms with Crippen molar-refractivity contribution in [3.8, 4) is 0 Å². The van der Waals surface area contributed by atoms with Crippen LogP contribution in [0.15, 0.2) is 29.3 Å². The molecule has 0 fully saturated rings. The molecule has 1 aromatic carbocycles. The van der Waals surface area contributed by atoms with Crippen molar-refractivity contribution in [2.45, 2.75) is 33.7 Å². The SMILES string of the molecule is CC.CC1=NC(c2ccc(C)cc2)CO1. The van der Waals surface area contributed by atoms with Gasteiger partial charge >= 0.3 is 0 Å². The molecule has 2 rings (SSSR count). The van der Waals surface area contributed by atoms with Crippen molar-refractivity contribution in [1.82, 2.24) is 0 Å². The zero-order valence-electron chi connectivity index (χ0n) is 9.95. The zero-order valence-corrected chi connectivity index (χ0v) is 9.95. The van der Waals surface area contributed by atoms with E-state index in [9.17, 15) is 0 Å². The molecule has 82 valence electrons. The Labute approximate surface area is 92.0 Å². The van der Waals surface area contributed by atoms with E-state index >= 15 is 0 Å². The van der Waals surface area contributed by atoms with Crippen molar-refractivity contribution in [1.29, 1.82) is 0 Å². The Balaban J connectivity index is 0.000000531. The Morgan fingerprint density at radius 2 is 1.73 bits per heavy atom. The summed E-state index contributed by atoms with van der Waals surface area (Å²) < 4.78 is 5.30. The van der Waals surface area contributed by atoms with Crippen LogP contribution in [0.4, 0.5) is 0 Å². The minimum absolute atomic E-state index is 0.209. The Morgan fingerprint density at radius 1 is 1.13 bits per heavy atom. The molecule has 0 bridgehead atoms. The second-order valence-electron chi connectivity index (χ2n) is 3.39. The van der Waals surface area contributed by atoms with Crippen molar-refractivity contribution in [3.63, 3.8) is 0 Å². The van der Waals surface area contributed by atoms with E-state index in [4.69, 9.17) is 4.74 Å². The summed E-state index contributed by atoms with van der Waals surface area (Å²) in [6, 6.07) is 8.66. The third-order valence-electron chi connectivity index (χ3n) is 2.25. The lowest BCUT2D eigenvalue weighted by Gasteiger charge is -2.04. The zero-order chi connectivity index (χ0) is 11.3. The van der Waals surface area contributed by atoms with Gasteiger partial charge in [-0.1, -0.05) is 43.7 Å². The predicted octanol–water partition coefficient (Wildman–Crippen LogP) is 3.51. The van der Waals surface area contributed by atoms with E-state index in [-0.39, 0.29) is 6.04 Å². The van der Waals surface area contributed by atoms with Crippen LogP contribution in [-0.4, -0.2) is 12.5 Å². The highest BCUT2D eigenvalue weighted by atomic mass is 16.5. The van der Waals surface area contributed by atoms with Gasteiger partial charge in [0.05, 0.1) is 0 Å². The largest absolute Gasteiger partial charge is 0.479 e. The van der Waals surface area contributed by atoms with Crippen molar-refractivity contribution >= 4 is 5.90 Å². The smallest absolute Gasteiger partial charge is 0.180 e. The van der Waals surface area contributed by atoms with Gasteiger partial charge in [-0.05, 0) is 12.5 Å². The fourth-order valence-electron chi connectivity index (χ4n) is 1.45. The average molecular weight is 205 g/mol. The standard InChI is InChI=1S/C11H13NO.C2H6/c1-8-3-5-10(6-4-8)11-7-13-9(2)12-11;1-2/h3-6,11H,7H2,1-2H3;1-2H3.